The van der Waals surface area contributed by atoms with Gasteiger partial charge in [0.05, 0.1) is 25.2 Å². The molecule has 8 heteroatoms. The van der Waals surface area contributed by atoms with E-state index in [2.05, 4.69) is 15.0 Å². The standard InChI is InChI=1S/C19H18N6O2/c1-4-25(15-6-5-7-21-11-15)19(26)16-12-22-17(24(16)2)14-8-13(9-20)18(27-3)23-10-14/h5-8,10-12H,4H2,1-3H3. The first-order valence-corrected chi connectivity index (χ1v) is 8.28. The van der Waals surface area contributed by atoms with Crippen molar-refractivity contribution in [3.05, 3.63) is 54.2 Å². The number of imidazole rings is 1. The fourth-order valence-electron chi connectivity index (χ4n) is 2.79. The number of anilines is 1. The summed E-state index contributed by atoms with van der Waals surface area (Å²) in [6.07, 6.45) is 6.39. The highest BCUT2D eigenvalue weighted by Gasteiger charge is 2.22. The molecule has 3 heterocycles. The minimum atomic E-state index is -0.186. The van der Waals surface area contributed by atoms with Crippen molar-refractivity contribution in [3.63, 3.8) is 0 Å². The second kappa shape index (κ2) is 7.66. The summed E-state index contributed by atoms with van der Waals surface area (Å²) in [5.41, 5.74) is 2.06. The summed E-state index contributed by atoms with van der Waals surface area (Å²) in [5, 5.41) is 9.25. The monoisotopic (exact) mass is 362 g/mol. The van der Waals surface area contributed by atoms with Gasteiger partial charge in [-0.25, -0.2) is 9.97 Å². The van der Waals surface area contributed by atoms with Crippen molar-refractivity contribution in [1.29, 1.82) is 5.26 Å². The quantitative estimate of drug-likeness (QED) is 0.691. The summed E-state index contributed by atoms with van der Waals surface area (Å²) in [6.45, 7) is 2.39. The number of nitrogens with zero attached hydrogens (tertiary/aromatic N) is 6. The number of amides is 1. The molecule has 3 aromatic rings. The van der Waals surface area contributed by atoms with Gasteiger partial charge in [0.2, 0.25) is 5.88 Å². The minimum absolute atomic E-state index is 0.186. The third-order valence-electron chi connectivity index (χ3n) is 4.15. The van der Waals surface area contributed by atoms with Crippen molar-refractivity contribution in [3.8, 4) is 23.3 Å². The molecule has 1 amide bonds. The topological polar surface area (TPSA) is 96.9 Å². The lowest BCUT2D eigenvalue weighted by Crippen LogP contribution is -2.32. The number of hydrogen-bond acceptors (Lipinski definition) is 6. The van der Waals surface area contributed by atoms with E-state index in [0.717, 1.165) is 0 Å². The zero-order chi connectivity index (χ0) is 19.4. The first kappa shape index (κ1) is 18.1. The van der Waals surface area contributed by atoms with Crippen LogP contribution < -0.4 is 9.64 Å². The summed E-state index contributed by atoms with van der Waals surface area (Å²) >= 11 is 0. The number of carbonyl (C=O) groups excluding carboxylic acids is 1. The van der Waals surface area contributed by atoms with E-state index in [1.54, 1.807) is 47.2 Å². The average molecular weight is 362 g/mol. The van der Waals surface area contributed by atoms with Crippen molar-refractivity contribution in [1.82, 2.24) is 19.5 Å². The van der Waals surface area contributed by atoms with Crippen LogP contribution in [0.25, 0.3) is 11.4 Å². The smallest absolute Gasteiger partial charge is 0.276 e. The van der Waals surface area contributed by atoms with Crippen LogP contribution in [0, 0.1) is 11.3 Å². The van der Waals surface area contributed by atoms with E-state index in [4.69, 9.17) is 4.74 Å². The van der Waals surface area contributed by atoms with Gasteiger partial charge < -0.3 is 14.2 Å². The molecule has 0 bridgehead atoms. The normalized spacial score (nSPS) is 10.3. The van der Waals surface area contributed by atoms with Gasteiger partial charge in [-0.1, -0.05) is 0 Å². The van der Waals surface area contributed by atoms with E-state index in [0.29, 0.717) is 34.9 Å². The number of rotatable bonds is 5. The molecule has 0 radical (unpaired) electrons. The molecule has 27 heavy (non-hydrogen) atoms. The average Bonchev–Trinajstić information content (AvgIpc) is 3.10. The molecule has 136 valence electrons. The van der Waals surface area contributed by atoms with Crippen LogP contribution in [0.5, 0.6) is 5.88 Å². The Morgan fingerprint density at radius 3 is 2.78 bits per heavy atom. The maximum Gasteiger partial charge on any atom is 0.276 e. The van der Waals surface area contributed by atoms with Gasteiger partial charge in [0.25, 0.3) is 5.91 Å². The zero-order valence-electron chi connectivity index (χ0n) is 15.2. The Morgan fingerprint density at radius 1 is 1.33 bits per heavy atom. The maximum atomic E-state index is 13.0. The van der Waals surface area contributed by atoms with Crippen LogP contribution in [-0.2, 0) is 7.05 Å². The molecular weight excluding hydrogens is 344 g/mol. The second-order valence-corrected chi connectivity index (χ2v) is 5.68. The van der Waals surface area contributed by atoms with Crippen LogP contribution in [0.15, 0.2) is 43.0 Å². The maximum absolute atomic E-state index is 13.0. The van der Waals surface area contributed by atoms with Crippen molar-refractivity contribution >= 4 is 11.6 Å². The third-order valence-corrected chi connectivity index (χ3v) is 4.15. The van der Waals surface area contributed by atoms with E-state index in [-0.39, 0.29) is 11.8 Å². The minimum Gasteiger partial charge on any atom is -0.480 e. The molecule has 0 aliphatic rings. The van der Waals surface area contributed by atoms with Crippen molar-refractivity contribution in [2.24, 2.45) is 7.05 Å². The molecule has 0 saturated carbocycles. The first-order valence-electron chi connectivity index (χ1n) is 8.28. The molecule has 0 fully saturated rings. The molecule has 0 aliphatic carbocycles. The third kappa shape index (κ3) is 3.35. The predicted molar refractivity (Wildman–Crippen MR) is 99.3 cm³/mol. The Kier molecular flexibility index (Phi) is 5.13. The van der Waals surface area contributed by atoms with Gasteiger partial charge in [0, 0.05) is 31.5 Å². The lowest BCUT2D eigenvalue weighted by molar-refractivity contribution is 0.0980. The fraction of sp³-hybridized carbons (Fsp3) is 0.211. The highest BCUT2D eigenvalue weighted by molar-refractivity contribution is 6.05. The molecular formula is C19H18N6O2. The zero-order valence-corrected chi connectivity index (χ0v) is 15.2. The summed E-state index contributed by atoms with van der Waals surface area (Å²) in [5.74, 6) is 0.599. The van der Waals surface area contributed by atoms with Crippen LogP contribution in [0.4, 0.5) is 5.69 Å². The number of ether oxygens (including phenoxy) is 1. The predicted octanol–water partition coefficient (Wildman–Crippen LogP) is 2.42. The van der Waals surface area contributed by atoms with Crippen LogP contribution in [0.1, 0.15) is 23.0 Å². The highest BCUT2D eigenvalue weighted by Crippen LogP contribution is 2.24. The van der Waals surface area contributed by atoms with Gasteiger partial charge in [-0.2, -0.15) is 5.26 Å². The van der Waals surface area contributed by atoms with Crippen LogP contribution in [-0.4, -0.2) is 39.1 Å². The lowest BCUT2D eigenvalue weighted by Gasteiger charge is -2.20. The molecule has 0 aliphatic heterocycles. The molecule has 0 atom stereocenters. The number of aromatic nitrogens is 4. The Hall–Kier alpha value is -3.73. The van der Waals surface area contributed by atoms with Gasteiger partial charge in [0.15, 0.2) is 0 Å². The molecule has 0 aromatic carbocycles. The molecule has 3 rings (SSSR count). The van der Waals surface area contributed by atoms with Crippen LogP contribution >= 0.6 is 0 Å². The van der Waals surface area contributed by atoms with Crippen molar-refractivity contribution < 1.29 is 9.53 Å². The molecule has 0 unspecified atom stereocenters. The summed E-state index contributed by atoms with van der Waals surface area (Å²) in [7, 11) is 3.21. The lowest BCUT2D eigenvalue weighted by atomic mass is 10.2. The number of nitriles is 1. The Morgan fingerprint density at radius 2 is 2.15 bits per heavy atom. The van der Waals surface area contributed by atoms with E-state index in [9.17, 15) is 10.1 Å². The van der Waals surface area contributed by atoms with E-state index >= 15 is 0 Å². The van der Waals surface area contributed by atoms with E-state index in [1.807, 2.05) is 19.1 Å². The fourth-order valence-corrected chi connectivity index (χ4v) is 2.79. The SMILES string of the molecule is CCN(C(=O)c1cnc(-c2cnc(OC)c(C#N)c2)n1C)c1cccnc1. The van der Waals surface area contributed by atoms with Gasteiger partial charge in [-0.15, -0.1) is 0 Å². The molecule has 8 nitrogen and oxygen atoms in total. The van der Waals surface area contributed by atoms with E-state index < -0.39 is 0 Å². The Bertz CT molecular complexity index is 1010. The van der Waals surface area contributed by atoms with Crippen molar-refractivity contribution in [2.75, 3.05) is 18.6 Å². The first-order chi connectivity index (χ1) is 13.1. The number of methoxy groups -OCH3 is 1. The second-order valence-electron chi connectivity index (χ2n) is 5.68. The van der Waals surface area contributed by atoms with Gasteiger partial charge in [-0.3, -0.25) is 9.78 Å². The van der Waals surface area contributed by atoms with E-state index in [1.165, 1.54) is 13.3 Å². The summed E-state index contributed by atoms with van der Waals surface area (Å²) < 4.78 is 6.75. The highest BCUT2D eigenvalue weighted by atomic mass is 16.5. The summed E-state index contributed by atoms with van der Waals surface area (Å²) in [4.78, 5) is 27.2. The Labute approximate surface area is 156 Å². The van der Waals surface area contributed by atoms with Crippen molar-refractivity contribution in [2.45, 2.75) is 6.92 Å². The molecule has 0 saturated heterocycles. The van der Waals surface area contributed by atoms with Crippen LogP contribution in [0.3, 0.4) is 0 Å². The molecule has 3 aromatic heterocycles. The molecule has 0 N–H and O–H groups in total. The number of carbonyl (C=O) groups is 1. The Balaban J connectivity index is 1.98. The van der Waals surface area contributed by atoms with Gasteiger partial charge in [-0.05, 0) is 25.1 Å². The number of hydrogen-bond donors (Lipinski definition) is 0. The molecule has 0 spiro atoms. The van der Waals surface area contributed by atoms with Gasteiger partial charge >= 0.3 is 0 Å². The summed E-state index contributed by atoms with van der Waals surface area (Å²) in [6, 6.07) is 7.30. The number of pyridine rings is 2. The van der Waals surface area contributed by atoms with Crippen LogP contribution in [0.2, 0.25) is 0 Å². The largest absolute Gasteiger partial charge is 0.480 e. The van der Waals surface area contributed by atoms with Gasteiger partial charge in [0.1, 0.15) is 23.2 Å².